The molecule has 2 N–H and O–H groups in total. The number of hydrogen-bond donors (Lipinski definition) is 2. The van der Waals surface area contributed by atoms with Crippen molar-refractivity contribution in [3.8, 4) is 16.8 Å². The van der Waals surface area contributed by atoms with E-state index in [1.54, 1.807) is 0 Å². The van der Waals surface area contributed by atoms with Crippen molar-refractivity contribution in [1.82, 2.24) is 13.6 Å². The van der Waals surface area contributed by atoms with E-state index in [1.165, 1.54) is 5.39 Å². The van der Waals surface area contributed by atoms with Crippen LogP contribution >= 0.6 is 0 Å². The van der Waals surface area contributed by atoms with E-state index in [9.17, 15) is 4.79 Å². The number of nitrogens with zero attached hydrogens (tertiary/aromatic N) is 3. The molecular weight excluding hydrogens is 759 g/mol. The van der Waals surface area contributed by atoms with Gasteiger partial charge in [0, 0.05) is 59.9 Å². The van der Waals surface area contributed by atoms with Crippen molar-refractivity contribution in [3.05, 3.63) is 222 Å². The van der Waals surface area contributed by atoms with Gasteiger partial charge in [-0.05, 0) is 89.3 Å². The molecular formula is C56H35N5O. The second-order valence-corrected chi connectivity index (χ2v) is 16.2. The average Bonchev–Trinajstić information content (AvgIpc) is 3.95. The molecule has 13 rings (SSSR count). The minimum Gasteiger partial charge on any atom is -0.309 e. The summed E-state index contributed by atoms with van der Waals surface area (Å²) in [5.41, 5.74) is 16.2. The number of nitrogens with one attached hydrogen (secondary N) is 2. The highest BCUT2D eigenvalue weighted by Crippen LogP contribution is 2.43. The van der Waals surface area contributed by atoms with Gasteiger partial charge < -0.3 is 9.98 Å². The van der Waals surface area contributed by atoms with Gasteiger partial charge in [-0.2, -0.15) is 0 Å². The van der Waals surface area contributed by atoms with E-state index < -0.39 is 0 Å². The molecule has 1 aliphatic rings. The predicted octanol–water partition coefficient (Wildman–Crippen LogP) is 13.2. The zero-order chi connectivity index (χ0) is 41.1. The summed E-state index contributed by atoms with van der Waals surface area (Å²) in [4.78, 5) is 14.7. The van der Waals surface area contributed by atoms with Crippen LogP contribution in [-0.2, 0) is 0 Å². The van der Waals surface area contributed by atoms with Crippen LogP contribution in [0.2, 0.25) is 0 Å². The number of para-hydroxylation sites is 3. The lowest BCUT2D eigenvalue weighted by atomic mass is 9.96. The molecule has 12 aromatic rings. The molecule has 6 heteroatoms. The molecule has 0 bridgehead atoms. The summed E-state index contributed by atoms with van der Waals surface area (Å²) in [6.45, 7) is 0. The van der Waals surface area contributed by atoms with Gasteiger partial charge in [-0.15, -0.1) is 0 Å². The Bertz CT molecular complexity index is 4030. The van der Waals surface area contributed by atoms with E-state index in [-0.39, 0.29) is 5.56 Å². The highest BCUT2D eigenvalue weighted by Gasteiger charge is 2.23. The van der Waals surface area contributed by atoms with Crippen LogP contribution in [0.3, 0.4) is 0 Å². The second-order valence-electron chi connectivity index (χ2n) is 16.2. The van der Waals surface area contributed by atoms with Gasteiger partial charge in [-0.3, -0.25) is 19.3 Å². The third-order valence-corrected chi connectivity index (χ3v) is 12.8. The first-order chi connectivity index (χ1) is 30.6. The Labute approximate surface area is 354 Å². The normalized spacial score (nSPS) is 14.0. The lowest BCUT2D eigenvalue weighted by molar-refractivity contribution is 1.06. The topological polar surface area (TPSA) is 67.2 Å². The van der Waals surface area contributed by atoms with Crippen molar-refractivity contribution in [1.29, 1.82) is 5.41 Å². The number of benzene rings is 8. The summed E-state index contributed by atoms with van der Waals surface area (Å²) in [5.74, 6) is 0. The molecule has 0 spiro atoms. The fourth-order valence-electron chi connectivity index (χ4n) is 10.0. The van der Waals surface area contributed by atoms with Crippen molar-refractivity contribution in [2.75, 3.05) is 5.43 Å². The summed E-state index contributed by atoms with van der Waals surface area (Å²) in [5, 5.41) is 18.2. The molecule has 0 aliphatic heterocycles. The van der Waals surface area contributed by atoms with Gasteiger partial charge in [-0.25, -0.2) is 0 Å². The molecule has 0 radical (unpaired) electrons. The Kier molecular flexibility index (Phi) is 7.22. The van der Waals surface area contributed by atoms with Gasteiger partial charge >= 0.3 is 0 Å². The van der Waals surface area contributed by atoms with E-state index in [0.29, 0.717) is 11.1 Å². The third-order valence-electron chi connectivity index (χ3n) is 12.8. The minimum atomic E-state index is -0.0102. The standard InChI is InChI=1S/C56H35N5O/c57-48-24-12-9-23-42(48)54(34-15-3-1-4-16-34)58-61-50-26-14-11-21-40(50)43-29-35(27-28-51(43)61)36-30-46-38-19-7-8-22-41(38)56(62)60-53-33-52-44(32-45(53)47(31-36)55(46)60)39-20-10-13-25-49(39)59(52)37-17-5-2-6-18-37/h1-33,57-58H/b54-42-,57-48?. The lowest BCUT2D eigenvalue weighted by Crippen LogP contribution is -2.17. The first-order valence-electron chi connectivity index (χ1n) is 20.9. The predicted molar refractivity (Wildman–Crippen MR) is 259 cm³/mol. The van der Waals surface area contributed by atoms with Gasteiger partial charge in [-0.1, -0.05) is 127 Å². The minimum absolute atomic E-state index is 0.0102. The monoisotopic (exact) mass is 793 g/mol. The van der Waals surface area contributed by atoms with Crippen molar-refractivity contribution < 1.29 is 0 Å². The van der Waals surface area contributed by atoms with Crippen LogP contribution in [0.15, 0.2) is 211 Å². The van der Waals surface area contributed by atoms with Crippen LogP contribution in [0.1, 0.15) is 5.56 Å². The van der Waals surface area contributed by atoms with Gasteiger partial charge in [0.15, 0.2) is 0 Å². The van der Waals surface area contributed by atoms with Crippen molar-refractivity contribution in [2.24, 2.45) is 0 Å². The first kappa shape index (κ1) is 34.4. The largest absolute Gasteiger partial charge is 0.309 e. The number of fused-ring (bicyclic) bond motifs is 11. The molecule has 0 unspecified atom stereocenters. The van der Waals surface area contributed by atoms with Gasteiger partial charge in [0.1, 0.15) is 0 Å². The van der Waals surface area contributed by atoms with Crippen LogP contribution in [0, 0.1) is 5.41 Å². The van der Waals surface area contributed by atoms with Gasteiger partial charge in [0.05, 0.1) is 44.5 Å². The van der Waals surface area contributed by atoms with Crippen LogP contribution in [0.25, 0.3) is 104 Å². The maximum absolute atomic E-state index is 14.7. The molecule has 6 nitrogen and oxygen atoms in total. The number of rotatable bonds is 5. The fourth-order valence-corrected chi connectivity index (χ4v) is 10.0. The quantitative estimate of drug-likeness (QED) is 0.170. The molecule has 0 amide bonds. The Morgan fingerprint density at radius 1 is 0.452 bits per heavy atom. The SMILES string of the molecule is N=C1C=CC=C/C1=C(/Nn1c2ccccc2c2cc(-c3cc4c5ccccc5c(=O)n5c6cc7c(cc6c(c3)c45)c3ccccc3n7-c3ccccc3)ccc21)c1ccccc1. The average molecular weight is 794 g/mol. The van der Waals surface area contributed by atoms with Gasteiger partial charge in [0.2, 0.25) is 0 Å². The molecule has 0 fully saturated rings. The fraction of sp³-hybridized carbons (Fsp3) is 0. The molecule has 0 saturated heterocycles. The van der Waals surface area contributed by atoms with Crippen LogP contribution in [0.4, 0.5) is 0 Å². The van der Waals surface area contributed by atoms with Crippen LogP contribution in [0.5, 0.6) is 0 Å². The number of allylic oxidation sites excluding steroid dienone is 5. The smallest absolute Gasteiger partial charge is 0.263 e. The molecule has 62 heavy (non-hydrogen) atoms. The van der Waals surface area contributed by atoms with E-state index in [2.05, 4.69) is 148 Å². The van der Waals surface area contributed by atoms with E-state index in [0.717, 1.165) is 104 Å². The molecule has 8 aromatic carbocycles. The summed E-state index contributed by atoms with van der Waals surface area (Å²) in [7, 11) is 0. The highest BCUT2D eigenvalue weighted by atomic mass is 16.1. The number of hydrogen-bond acceptors (Lipinski definition) is 3. The van der Waals surface area contributed by atoms with Crippen molar-refractivity contribution in [2.45, 2.75) is 0 Å². The molecule has 290 valence electrons. The van der Waals surface area contributed by atoms with E-state index in [4.69, 9.17) is 5.41 Å². The number of pyridine rings is 1. The first-order valence-corrected chi connectivity index (χ1v) is 20.9. The Balaban J connectivity index is 1.07. The third kappa shape index (κ3) is 4.86. The van der Waals surface area contributed by atoms with E-state index in [1.807, 2.05) is 71.2 Å². The maximum Gasteiger partial charge on any atom is 0.263 e. The Morgan fingerprint density at radius 2 is 1.03 bits per heavy atom. The second kappa shape index (κ2) is 13.0. The van der Waals surface area contributed by atoms with Crippen molar-refractivity contribution >= 4 is 93.0 Å². The molecule has 0 atom stereocenters. The van der Waals surface area contributed by atoms with Crippen molar-refractivity contribution in [3.63, 3.8) is 0 Å². The zero-order valence-corrected chi connectivity index (χ0v) is 33.3. The maximum atomic E-state index is 14.7. The molecule has 4 heterocycles. The highest BCUT2D eigenvalue weighted by molar-refractivity contribution is 6.25. The van der Waals surface area contributed by atoms with E-state index >= 15 is 0 Å². The van der Waals surface area contributed by atoms with Crippen LogP contribution in [-0.4, -0.2) is 19.4 Å². The van der Waals surface area contributed by atoms with Crippen LogP contribution < -0.4 is 11.0 Å². The lowest BCUT2D eigenvalue weighted by Gasteiger charge is -2.19. The zero-order valence-electron chi connectivity index (χ0n) is 33.3. The number of aromatic nitrogens is 3. The van der Waals surface area contributed by atoms with Gasteiger partial charge in [0.25, 0.3) is 5.56 Å². The Hall–Kier alpha value is -8.48. The summed E-state index contributed by atoms with van der Waals surface area (Å²) in [6.07, 6.45) is 7.72. The summed E-state index contributed by atoms with van der Waals surface area (Å²) >= 11 is 0. The Morgan fingerprint density at radius 3 is 1.81 bits per heavy atom. The molecule has 1 aliphatic carbocycles. The summed E-state index contributed by atoms with van der Waals surface area (Å²) < 4.78 is 6.43. The summed E-state index contributed by atoms with van der Waals surface area (Å²) in [6, 6.07) is 61.6. The molecule has 0 saturated carbocycles. The molecule has 4 aromatic heterocycles.